The number of rotatable bonds is 4. The monoisotopic (exact) mass is 396 g/mol. The average Bonchev–Trinajstić information content (AvgIpc) is 3.04. The fourth-order valence-electron chi connectivity index (χ4n) is 3.24. The van der Waals surface area contributed by atoms with Gasteiger partial charge in [0.05, 0.1) is 6.61 Å². The molecule has 0 unspecified atom stereocenters. The number of halogens is 2. The lowest BCUT2D eigenvalue weighted by Gasteiger charge is -2.34. The van der Waals surface area contributed by atoms with E-state index in [1.54, 1.807) is 16.7 Å². The lowest BCUT2D eigenvalue weighted by atomic mass is 10.3. The van der Waals surface area contributed by atoms with Gasteiger partial charge in [0.25, 0.3) is 0 Å². The molecule has 0 spiro atoms. The Balaban J connectivity index is 1.53. The van der Waals surface area contributed by atoms with Crippen molar-refractivity contribution in [1.82, 2.24) is 14.7 Å². The van der Waals surface area contributed by atoms with Gasteiger partial charge in [0.2, 0.25) is 5.91 Å². The zero-order chi connectivity index (χ0) is 20.3. The maximum absolute atomic E-state index is 13.4. The maximum atomic E-state index is 13.4. The lowest BCUT2D eigenvalue weighted by Crippen LogP contribution is -2.53. The third-order valence-corrected chi connectivity index (χ3v) is 4.79. The Morgan fingerprint density at radius 3 is 2.32 bits per heavy atom. The number of nitrogens with zero attached hydrogens (tertiary/aromatic N) is 4. The predicted octanol–water partition coefficient (Wildman–Crippen LogP) is 1.51. The highest BCUT2D eigenvalue weighted by Gasteiger charge is 2.33. The summed E-state index contributed by atoms with van der Waals surface area (Å²) in [6, 6.07) is 2.84. The Kier molecular flexibility index (Phi) is 5.96. The quantitative estimate of drug-likeness (QED) is 0.773. The van der Waals surface area contributed by atoms with Crippen LogP contribution in [0.5, 0.6) is 0 Å². The Hall–Kier alpha value is -2.91. The number of carbonyl (C=O) groups excluding carboxylic acids is 3. The van der Waals surface area contributed by atoms with Crippen molar-refractivity contribution < 1.29 is 27.9 Å². The standard InChI is InChI=1S/C18H22F2N4O4/c1-2-28-18(27)22-7-5-21(6-8-22)16(25)12-23-9-10-24(17(23)26)13-3-4-14(19)15(20)11-13/h3-4,11H,2,5-10,12H2,1H3. The van der Waals surface area contributed by atoms with E-state index >= 15 is 0 Å². The van der Waals surface area contributed by atoms with E-state index < -0.39 is 23.8 Å². The number of hydrogen-bond acceptors (Lipinski definition) is 4. The van der Waals surface area contributed by atoms with Gasteiger partial charge in [-0.1, -0.05) is 0 Å². The molecule has 28 heavy (non-hydrogen) atoms. The van der Waals surface area contributed by atoms with Crippen LogP contribution in [0.1, 0.15) is 6.92 Å². The minimum atomic E-state index is -1.03. The van der Waals surface area contributed by atoms with E-state index in [9.17, 15) is 23.2 Å². The van der Waals surface area contributed by atoms with Gasteiger partial charge in [-0.15, -0.1) is 0 Å². The maximum Gasteiger partial charge on any atom is 0.409 e. The zero-order valence-electron chi connectivity index (χ0n) is 15.6. The minimum Gasteiger partial charge on any atom is -0.450 e. The normalized spacial score (nSPS) is 17.3. The van der Waals surface area contributed by atoms with Gasteiger partial charge in [0.15, 0.2) is 11.6 Å². The second-order valence-corrected chi connectivity index (χ2v) is 6.52. The van der Waals surface area contributed by atoms with E-state index in [0.29, 0.717) is 39.3 Å². The number of anilines is 1. The SMILES string of the molecule is CCOC(=O)N1CCN(C(=O)CN2CCN(c3ccc(F)c(F)c3)C2=O)CC1. The number of carbonyl (C=O) groups is 3. The van der Waals surface area contributed by atoms with E-state index in [4.69, 9.17) is 4.74 Å². The summed E-state index contributed by atoms with van der Waals surface area (Å²) >= 11 is 0. The summed E-state index contributed by atoms with van der Waals surface area (Å²) in [5.41, 5.74) is 0.252. The van der Waals surface area contributed by atoms with E-state index in [0.717, 1.165) is 12.1 Å². The number of amides is 4. The summed E-state index contributed by atoms with van der Waals surface area (Å²) in [7, 11) is 0. The first-order chi connectivity index (χ1) is 13.4. The highest BCUT2D eigenvalue weighted by Crippen LogP contribution is 2.22. The molecule has 2 aliphatic rings. The van der Waals surface area contributed by atoms with Gasteiger partial charge in [-0.05, 0) is 19.1 Å². The van der Waals surface area contributed by atoms with Gasteiger partial charge in [-0.2, -0.15) is 0 Å². The second kappa shape index (κ2) is 8.41. The third-order valence-electron chi connectivity index (χ3n) is 4.79. The van der Waals surface area contributed by atoms with Gasteiger partial charge < -0.3 is 19.4 Å². The van der Waals surface area contributed by atoms with Crippen molar-refractivity contribution in [2.24, 2.45) is 0 Å². The average molecular weight is 396 g/mol. The molecular formula is C18H22F2N4O4. The van der Waals surface area contributed by atoms with Crippen molar-refractivity contribution in [1.29, 1.82) is 0 Å². The van der Waals surface area contributed by atoms with Crippen molar-refractivity contribution in [3.05, 3.63) is 29.8 Å². The molecule has 2 aliphatic heterocycles. The molecule has 3 rings (SSSR count). The van der Waals surface area contributed by atoms with Crippen LogP contribution in [0, 0.1) is 11.6 Å². The molecule has 2 saturated heterocycles. The summed E-state index contributed by atoms with van der Waals surface area (Å²) < 4.78 is 31.5. The van der Waals surface area contributed by atoms with E-state index in [-0.39, 0.29) is 24.7 Å². The number of benzene rings is 1. The van der Waals surface area contributed by atoms with Gasteiger partial charge in [0, 0.05) is 51.0 Å². The fraction of sp³-hybridized carbons (Fsp3) is 0.500. The fourth-order valence-corrected chi connectivity index (χ4v) is 3.24. The molecule has 10 heteroatoms. The van der Waals surface area contributed by atoms with Crippen LogP contribution in [-0.4, -0.2) is 85.2 Å². The third kappa shape index (κ3) is 4.15. The summed E-state index contributed by atoms with van der Waals surface area (Å²) in [5.74, 6) is -2.23. The summed E-state index contributed by atoms with van der Waals surface area (Å²) in [5, 5.41) is 0. The second-order valence-electron chi connectivity index (χ2n) is 6.52. The molecule has 152 valence electrons. The zero-order valence-corrected chi connectivity index (χ0v) is 15.6. The van der Waals surface area contributed by atoms with Crippen molar-refractivity contribution in [3.8, 4) is 0 Å². The molecule has 4 amide bonds. The van der Waals surface area contributed by atoms with Crippen molar-refractivity contribution in [2.75, 3.05) is 57.3 Å². The van der Waals surface area contributed by atoms with Crippen LogP contribution in [0.2, 0.25) is 0 Å². The summed E-state index contributed by atoms with van der Waals surface area (Å²) in [6.07, 6.45) is -0.397. The van der Waals surface area contributed by atoms with Crippen LogP contribution in [0.25, 0.3) is 0 Å². The molecule has 8 nitrogen and oxygen atoms in total. The van der Waals surface area contributed by atoms with Gasteiger partial charge in [-0.25, -0.2) is 18.4 Å². The number of hydrogen-bond donors (Lipinski definition) is 0. The first kappa shape index (κ1) is 19.8. The van der Waals surface area contributed by atoms with E-state index in [2.05, 4.69) is 0 Å². The van der Waals surface area contributed by atoms with Gasteiger partial charge >= 0.3 is 12.1 Å². The number of ether oxygens (including phenoxy) is 1. The number of urea groups is 1. The molecule has 0 aromatic heterocycles. The molecule has 0 atom stereocenters. The predicted molar refractivity (Wildman–Crippen MR) is 95.8 cm³/mol. The Morgan fingerprint density at radius 2 is 1.68 bits per heavy atom. The molecule has 0 bridgehead atoms. The molecule has 0 N–H and O–H groups in total. The topological polar surface area (TPSA) is 73.4 Å². The first-order valence-corrected chi connectivity index (χ1v) is 9.11. The van der Waals surface area contributed by atoms with Crippen LogP contribution in [0.4, 0.5) is 24.1 Å². The molecule has 2 heterocycles. The summed E-state index contributed by atoms with van der Waals surface area (Å²) in [6.45, 7) is 4.01. The van der Waals surface area contributed by atoms with Crippen LogP contribution >= 0.6 is 0 Å². The summed E-state index contributed by atoms with van der Waals surface area (Å²) in [4.78, 5) is 42.6. The molecule has 0 radical (unpaired) electrons. The lowest BCUT2D eigenvalue weighted by molar-refractivity contribution is -0.133. The van der Waals surface area contributed by atoms with Gasteiger partial charge in [0.1, 0.15) is 6.54 Å². The minimum absolute atomic E-state index is 0.0988. The van der Waals surface area contributed by atoms with E-state index in [1.807, 2.05) is 0 Å². The Bertz CT molecular complexity index is 768. The van der Waals surface area contributed by atoms with Crippen molar-refractivity contribution >= 4 is 23.7 Å². The van der Waals surface area contributed by atoms with Crippen LogP contribution in [0.15, 0.2) is 18.2 Å². The first-order valence-electron chi connectivity index (χ1n) is 9.11. The molecule has 0 saturated carbocycles. The molecule has 2 fully saturated rings. The largest absolute Gasteiger partial charge is 0.450 e. The Morgan fingerprint density at radius 1 is 1.00 bits per heavy atom. The van der Waals surface area contributed by atoms with Crippen LogP contribution in [0.3, 0.4) is 0 Å². The Labute approximate surface area is 161 Å². The molecule has 1 aromatic carbocycles. The van der Waals surface area contributed by atoms with Crippen molar-refractivity contribution in [3.63, 3.8) is 0 Å². The number of piperazine rings is 1. The van der Waals surface area contributed by atoms with Crippen LogP contribution < -0.4 is 4.90 Å². The smallest absolute Gasteiger partial charge is 0.409 e. The van der Waals surface area contributed by atoms with Crippen LogP contribution in [-0.2, 0) is 9.53 Å². The molecular weight excluding hydrogens is 374 g/mol. The molecule has 0 aliphatic carbocycles. The van der Waals surface area contributed by atoms with Crippen molar-refractivity contribution in [2.45, 2.75) is 6.92 Å². The highest BCUT2D eigenvalue weighted by molar-refractivity contribution is 5.96. The molecule has 1 aromatic rings. The van der Waals surface area contributed by atoms with Gasteiger partial charge in [-0.3, -0.25) is 9.69 Å². The highest BCUT2D eigenvalue weighted by atomic mass is 19.2. The van der Waals surface area contributed by atoms with E-state index in [1.165, 1.54) is 15.9 Å².